The second-order valence-electron chi connectivity index (χ2n) is 4.11. The monoisotopic (exact) mass is 289 g/mol. The molecule has 1 aromatic rings. The zero-order valence-electron chi connectivity index (χ0n) is 10.1. The summed E-state index contributed by atoms with van der Waals surface area (Å²) in [6.45, 7) is -0.475. The van der Waals surface area contributed by atoms with E-state index < -0.39 is 35.7 Å². The van der Waals surface area contributed by atoms with Crippen LogP contribution < -0.4 is 11.4 Å². The molecule has 1 aromatic heterocycles. The molecule has 1 aliphatic rings. The number of hydrogen-bond acceptors (Lipinski definition) is 8. The van der Waals surface area contributed by atoms with Gasteiger partial charge in [-0.15, -0.1) is 11.8 Å². The van der Waals surface area contributed by atoms with E-state index in [1.54, 1.807) is 6.26 Å². The Labute approximate surface area is 112 Å². The van der Waals surface area contributed by atoms with Gasteiger partial charge in [0.15, 0.2) is 0 Å². The molecule has 2 rings (SSSR count). The SMILES string of the molecule is CS[C@@]1(n2ccc(N)nc2=O)O[C@H](CO)[C@@H](O)[C@H]1O. The summed E-state index contributed by atoms with van der Waals surface area (Å²) in [5.74, 6) is 0.0456. The van der Waals surface area contributed by atoms with Crippen LogP contribution in [0.5, 0.6) is 0 Å². The first-order valence-electron chi connectivity index (χ1n) is 5.52. The number of hydrogen-bond donors (Lipinski definition) is 4. The third-order valence-corrected chi connectivity index (χ3v) is 4.15. The van der Waals surface area contributed by atoms with Crippen molar-refractivity contribution in [3.05, 3.63) is 22.7 Å². The van der Waals surface area contributed by atoms with E-state index in [0.717, 1.165) is 16.3 Å². The summed E-state index contributed by atoms with van der Waals surface area (Å²) in [5.41, 5.74) is 4.69. The van der Waals surface area contributed by atoms with E-state index >= 15 is 0 Å². The smallest absolute Gasteiger partial charge is 0.352 e. The molecule has 5 N–H and O–H groups in total. The lowest BCUT2D eigenvalue weighted by Crippen LogP contribution is -2.48. The quantitative estimate of drug-likeness (QED) is 0.498. The first-order chi connectivity index (χ1) is 8.96. The van der Waals surface area contributed by atoms with Crippen molar-refractivity contribution in [3.8, 4) is 0 Å². The summed E-state index contributed by atoms with van der Waals surface area (Å²) in [6.07, 6.45) is -0.730. The van der Waals surface area contributed by atoms with Crippen LogP contribution in [0.25, 0.3) is 0 Å². The lowest BCUT2D eigenvalue weighted by atomic mass is 10.1. The molecular formula is C10H15N3O5S. The molecular weight excluding hydrogens is 274 g/mol. The largest absolute Gasteiger partial charge is 0.394 e. The number of rotatable bonds is 3. The third kappa shape index (κ3) is 2.13. The predicted octanol–water partition coefficient (Wildman–Crippen LogP) is -2.09. The number of thioether (sulfide) groups is 1. The summed E-state index contributed by atoms with van der Waals surface area (Å²) in [4.78, 5) is 15.4. The van der Waals surface area contributed by atoms with Crippen molar-refractivity contribution in [1.82, 2.24) is 9.55 Å². The summed E-state index contributed by atoms with van der Waals surface area (Å²) < 4.78 is 6.53. The third-order valence-electron chi connectivity index (χ3n) is 3.03. The van der Waals surface area contributed by atoms with Crippen LogP contribution in [0.15, 0.2) is 17.1 Å². The number of ether oxygens (including phenoxy) is 1. The minimum absolute atomic E-state index is 0.0456. The van der Waals surface area contributed by atoms with Crippen LogP contribution in [0.2, 0.25) is 0 Å². The minimum Gasteiger partial charge on any atom is -0.394 e. The molecule has 1 saturated heterocycles. The number of aliphatic hydroxyl groups excluding tert-OH is 3. The van der Waals surface area contributed by atoms with Gasteiger partial charge in [-0.05, 0) is 12.3 Å². The van der Waals surface area contributed by atoms with E-state index in [2.05, 4.69) is 4.98 Å². The summed E-state index contributed by atoms with van der Waals surface area (Å²) >= 11 is 1.02. The molecule has 0 saturated carbocycles. The highest BCUT2D eigenvalue weighted by Crippen LogP contribution is 2.42. The van der Waals surface area contributed by atoms with E-state index in [4.69, 9.17) is 15.6 Å². The normalized spacial score (nSPS) is 34.6. The van der Waals surface area contributed by atoms with Gasteiger partial charge in [-0.2, -0.15) is 4.98 Å². The second-order valence-corrected chi connectivity index (χ2v) is 5.11. The van der Waals surface area contributed by atoms with Crippen LogP contribution in [0.4, 0.5) is 5.82 Å². The van der Waals surface area contributed by atoms with Crippen LogP contribution in [-0.2, 0) is 9.79 Å². The molecule has 0 aliphatic carbocycles. The lowest BCUT2D eigenvalue weighted by molar-refractivity contribution is -0.0816. The maximum Gasteiger partial charge on any atom is 0.352 e. The van der Waals surface area contributed by atoms with Gasteiger partial charge in [0.25, 0.3) is 0 Å². The average Bonchev–Trinajstić information content (AvgIpc) is 2.64. The Morgan fingerprint density at radius 3 is 2.79 bits per heavy atom. The highest BCUT2D eigenvalue weighted by molar-refractivity contribution is 7.99. The lowest BCUT2D eigenvalue weighted by Gasteiger charge is -2.31. The van der Waals surface area contributed by atoms with Gasteiger partial charge in [-0.3, -0.25) is 4.57 Å². The predicted molar refractivity (Wildman–Crippen MR) is 68.4 cm³/mol. The number of nitrogen functional groups attached to an aromatic ring is 1. The second kappa shape index (κ2) is 5.10. The average molecular weight is 289 g/mol. The van der Waals surface area contributed by atoms with Gasteiger partial charge in [0, 0.05) is 6.20 Å². The first-order valence-corrected chi connectivity index (χ1v) is 6.74. The minimum atomic E-state index is -1.54. The van der Waals surface area contributed by atoms with Crippen molar-refractivity contribution in [2.75, 3.05) is 18.6 Å². The Kier molecular flexibility index (Phi) is 3.83. The standard InChI is InChI=1S/C10H15N3O5S/c1-19-10(8(16)7(15)5(4-14)18-10)13-3-2-6(11)12-9(13)17/h2-3,5,7-8,14-16H,4H2,1H3,(H2,11,12,17)/t5-,7-,8-,10+/m1/s1. The molecule has 0 bridgehead atoms. The van der Waals surface area contributed by atoms with Crippen molar-refractivity contribution in [3.63, 3.8) is 0 Å². The van der Waals surface area contributed by atoms with Gasteiger partial charge in [-0.1, -0.05) is 0 Å². The Morgan fingerprint density at radius 2 is 2.32 bits per heavy atom. The Hall–Kier alpha value is -1.13. The molecule has 4 atom stereocenters. The van der Waals surface area contributed by atoms with Crippen LogP contribution in [0, 0.1) is 0 Å². The molecule has 0 spiro atoms. The van der Waals surface area contributed by atoms with Crippen molar-refractivity contribution >= 4 is 17.6 Å². The topological polar surface area (TPSA) is 131 Å². The maximum absolute atomic E-state index is 11.9. The molecule has 0 aromatic carbocycles. The van der Waals surface area contributed by atoms with Gasteiger partial charge in [0.05, 0.1) is 6.61 Å². The van der Waals surface area contributed by atoms with E-state index in [1.807, 2.05) is 0 Å². The van der Waals surface area contributed by atoms with Crippen molar-refractivity contribution in [1.29, 1.82) is 0 Å². The Morgan fingerprint density at radius 1 is 1.63 bits per heavy atom. The van der Waals surface area contributed by atoms with Crippen molar-refractivity contribution in [2.45, 2.75) is 23.4 Å². The Balaban J connectivity index is 2.52. The molecule has 106 valence electrons. The van der Waals surface area contributed by atoms with Gasteiger partial charge in [0.2, 0.25) is 5.06 Å². The molecule has 2 heterocycles. The molecule has 19 heavy (non-hydrogen) atoms. The molecule has 1 aliphatic heterocycles. The van der Waals surface area contributed by atoms with E-state index in [1.165, 1.54) is 12.3 Å². The fourth-order valence-electron chi connectivity index (χ4n) is 2.04. The zero-order chi connectivity index (χ0) is 14.2. The van der Waals surface area contributed by atoms with Crippen LogP contribution >= 0.6 is 11.8 Å². The van der Waals surface area contributed by atoms with Gasteiger partial charge in [-0.25, -0.2) is 4.79 Å². The summed E-state index contributed by atoms with van der Waals surface area (Å²) in [7, 11) is 0. The number of nitrogens with two attached hydrogens (primary N) is 1. The molecule has 0 radical (unpaired) electrons. The van der Waals surface area contributed by atoms with E-state index in [-0.39, 0.29) is 5.82 Å². The van der Waals surface area contributed by atoms with E-state index in [9.17, 15) is 15.0 Å². The fourth-order valence-corrected chi connectivity index (χ4v) is 2.98. The van der Waals surface area contributed by atoms with Crippen molar-refractivity contribution < 1.29 is 20.1 Å². The number of aromatic nitrogens is 2. The van der Waals surface area contributed by atoms with Gasteiger partial charge in [0.1, 0.15) is 24.1 Å². The van der Waals surface area contributed by atoms with Crippen molar-refractivity contribution in [2.24, 2.45) is 0 Å². The number of aliphatic hydroxyl groups is 3. The molecule has 0 amide bonds. The number of anilines is 1. The van der Waals surface area contributed by atoms with Crippen LogP contribution in [0.3, 0.4) is 0 Å². The number of nitrogens with zero attached hydrogens (tertiary/aromatic N) is 2. The maximum atomic E-state index is 11.9. The van der Waals surface area contributed by atoms with Gasteiger partial charge < -0.3 is 25.8 Å². The fraction of sp³-hybridized carbons (Fsp3) is 0.600. The van der Waals surface area contributed by atoms with Crippen LogP contribution in [0.1, 0.15) is 0 Å². The molecule has 0 unspecified atom stereocenters. The highest BCUT2D eigenvalue weighted by Gasteiger charge is 2.55. The first kappa shape index (κ1) is 14.3. The van der Waals surface area contributed by atoms with E-state index in [0.29, 0.717) is 0 Å². The molecule has 9 heteroatoms. The Bertz CT molecular complexity index is 524. The van der Waals surface area contributed by atoms with Gasteiger partial charge >= 0.3 is 5.69 Å². The highest BCUT2D eigenvalue weighted by atomic mass is 32.2. The summed E-state index contributed by atoms with van der Waals surface area (Å²) in [5, 5.41) is 27.5. The molecule has 1 fully saturated rings. The van der Waals surface area contributed by atoms with Crippen LogP contribution in [-0.4, -0.2) is 56.0 Å². The zero-order valence-corrected chi connectivity index (χ0v) is 10.9. The molecule has 8 nitrogen and oxygen atoms in total. The summed E-state index contributed by atoms with van der Waals surface area (Å²) in [6, 6.07) is 1.38.